The first kappa shape index (κ1) is 18.3. The molecule has 0 N–H and O–H groups in total. The first-order valence-corrected chi connectivity index (χ1v) is 9.48. The highest BCUT2D eigenvalue weighted by Crippen LogP contribution is 2.31. The van der Waals surface area contributed by atoms with Gasteiger partial charge in [-0.1, -0.05) is 18.7 Å². The zero-order valence-corrected chi connectivity index (χ0v) is 16.0. The molecule has 2 aromatic carbocycles. The second kappa shape index (κ2) is 8.27. The highest BCUT2D eigenvalue weighted by molar-refractivity contribution is 8.14. The van der Waals surface area contributed by atoms with E-state index in [2.05, 4.69) is 6.92 Å². The minimum absolute atomic E-state index is 0.0308. The molecule has 1 aliphatic rings. The molecule has 0 radical (unpaired) electrons. The molecule has 1 amide bonds. The number of ether oxygens (including phenoxy) is 2. The van der Waals surface area contributed by atoms with Gasteiger partial charge in [0.25, 0.3) is 5.91 Å². The molecule has 2 aromatic rings. The van der Waals surface area contributed by atoms with Crippen LogP contribution in [-0.4, -0.2) is 42.0 Å². The van der Waals surface area contributed by atoms with Gasteiger partial charge in [0.2, 0.25) is 0 Å². The number of aliphatic imine (C=N–C) groups is 1. The fourth-order valence-corrected chi connectivity index (χ4v) is 4.02. The maximum absolute atomic E-state index is 13.1. The van der Waals surface area contributed by atoms with E-state index >= 15 is 0 Å². The molecule has 0 unspecified atom stereocenters. The normalized spacial score (nSPS) is 18.2. The summed E-state index contributed by atoms with van der Waals surface area (Å²) in [6, 6.07) is 14.9. The fraction of sp³-hybridized carbons (Fsp3) is 0.300. The lowest BCUT2D eigenvalue weighted by molar-refractivity contribution is 0.0819. The Kier molecular flexibility index (Phi) is 5.83. The van der Waals surface area contributed by atoms with E-state index < -0.39 is 0 Å². The molecule has 0 aromatic heterocycles. The molecule has 1 atom stereocenters. The summed E-state index contributed by atoms with van der Waals surface area (Å²) in [5.74, 6) is 2.34. The molecule has 26 heavy (non-hydrogen) atoms. The molecule has 0 spiro atoms. The van der Waals surface area contributed by atoms with E-state index in [0.717, 1.165) is 34.5 Å². The van der Waals surface area contributed by atoms with Crippen LogP contribution in [0.15, 0.2) is 53.5 Å². The zero-order valence-electron chi connectivity index (χ0n) is 15.1. The van der Waals surface area contributed by atoms with Gasteiger partial charge < -0.3 is 9.47 Å². The number of rotatable bonds is 5. The number of methoxy groups -OCH3 is 2. The highest BCUT2D eigenvalue weighted by atomic mass is 32.2. The molecule has 5 nitrogen and oxygen atoms in total. The van der Waals surface area contributed by atoms with Crippen LogP contribution >= 0.6 is 11.8 Å². The van der Waals surface area contributed by atoms with Crippen LogP contribution in [0.2, 0.25) is 0 Å². The van der Waals surface area contributed by atoms with Crippen LogP contribution in [0.3, 0.4) is 0 Å². The minimum Gasteiger partial charge on any atom is -0.497 e. The van der Waals surface area contributed by atoms with E-state index in [1.165, 1.54) is 0 Å². The molecular formula is C20H22N2O3S. The van der Waals surface area contributed by atoms with E-state index in [4.69, 9.17) is 14.5 Å². The van der Waals surface area contributed by atoms with Crippen molar-refractivity contribution in [3.63, 3.8) is 0 Å². The third kappa shape index (κ3) is 3.85. The second-order valence-electron chi connectivity index (χ2n) is 5.87. The Morgan fingerprint density at radius 3 is 2.19 bits per heavy atom. The third-order valence-corrected chi connectivity index (χ3v) is 5.40. The van der Waals surface area contributed by atoms with Crippen molar-refractivity contribution in [2.75, 3.05) is 20.0 Å². The monoisotopic (exact) mass is 370 g/mol. The predicted octanol–water partition coefficient (Wildman–Crippen LogP) is 4.36. The maximum Gasteiger partial charge on any atom is 0.260 e. The summed E-state index contributed by atoms with van der Waals surface area (Å²) in [6.45, 7) is 2.09. The SMILES string of the molecule is CC[C@H]1CSC(=Nc2ccc(OC)cc2)N1C(=O)c1ccc(OC)cc1. The van der Waals surface area contributed by atoms with Crippen LogP contribution in [0.25, 0.3) is 0 Å². The van der Waals surface area contributed by atoms with Crippen molar-refractivity contribution in [2.24, 2.45) is 4.99 Å². The van der Waals surface area contributed by atoms with Crippen molar-refractivity contribution >= 4 is 28.5 Å². The van der Waals surface area contributed by atoms with E-state index in [0.29, 0.717) is 5.56 Å². The first-order valence-electron chi connectivity index (χ1n) is 8.49. The Hall–Kier alpha value is -2.47. The summed E-state index contributed by atoms with van der Waals surface area (Å²) in [7, 11) is 3.25. The molecule has 1 saturated heterocycles. The Morgan fingerprint density at radius 2 is 1.65 bits per heavy atom. The Labute approximate surface area is 158 Å². The lowest BCUT2D eigenvalue weighted by Gasteiger charge is -2.23. The average Bonchev–Trinajstić information content (AvgIpc) is 3.10. The quantitative estimate of drug-likeness (QED) is 0.785. The molecule has 3 rings (SSSR count). The maximum atomic E-state index is 13.1. The van der Waals surface area contributed by atoms with Crippen molar-refractivity contribution in [1.82, 2.24) is 4.90 Å². The second-order valence-corrected chi connectivity index (χ2v) is 6.86. The Morgan fingerprint density at radius 1 is 1.08 bits per heavy atom. The summed E-state index contributed by atoms with van der Waals surface area (Å²) in [5.41, 5.74) is 1.44. The van der Waals surface area contributed by atoms with Gasteiger partial charge in [0.05, 0.1) is 19.9 Å². The van der Waals surface area contributed by atoms with Gasteiger partial charge in [0.1, 0.15) is 11.5 Å². The van der Waals surface area contributed by atoms with Crippen LogP contribution in [0.1, 0.15) is 23.7 Å². The predicted molar refractivity (Wildman–Crippen MR) is 106 cm³/mol. The summed E-state index contributed by atoms with van der Waals surface area (Å²) >= 11 is 1.62. The van der Waals surface area contributed by atoms with Gasteiger partial charge >= 0.3 is 0 Å². The largest absolute Gasteiger partial charge is 0.497 e. The number of amides is 1. The number of hydrogen-bond donors (Lipinski definition) is 0. The van der Waals surface area contributed by atoms with Gasteiger partial charge in [0.15, 0.2) is 5.17 Å². The average molecular weight is 370 g/mol. The van der Waals surface area contributed by atoms with Gasteiger partial charge in [-0.15, -0.1) is 0 Å². The van der Waals surface area contributed by atoms with Gasteiger partial charge in [-0.3, -0.25) is 9.69 Å². The van der Waals surface area contributed by atoms with Gasteiger partial charge in [-0.2, -0.15) is 0 Å². The number of amidine groups is 1. The molecular weight excluding hydrogens is 348 g/mol. The molecule has 1 fully saturated rings. The van der Waals surface area contributed by atoms with Gasteiger partial charge in [0, 0.05) is 17.4 Å². The number of hydrogen-bond acceptors (Lipinski definition) is 5. The summed E-state index contributed by atoms with van der Waals surface area (Å²) in [5, 5.41) is 0.739. The number of carbonyl (C=O) groups is 1. The first-order chi connectivity index (χ1) is 12.7. The Bertz CT molecular complexity index is 788. The van der Waals surface area contributed by atoms with Crippen molar-refractivity contribution in [1.29, 1.82) is 0 Å². The van der Waals surface area contributed by atoms with E-state index in [1.54, 1.807) is 50.2 Å². The molecule has 0 bridgehead atoms. The van der Waals surface area contributed by atoms with E-state index in [-0.39, 0.29) is 11.9 Å². The summed E-state index contributed by atoms with van der Waals surface area (Å²) in [4.78, 5) is 19.6. The zero-order chi connectivity index (χ0) is 18.5. The highest BCUT2D eigenvalue weighted by Gasteiger charge is 2.34. The van der Waals surface area contributed by atoms with E-state index in [1.807, 2.05) is 29.2 Å². The van der Waals surface area contributed by atoms with Crippen LogP contribution in [0.5, 0.6) is 11.5 Å². The molecule has 136 valence electrons. The van der Waals surface area contributed by atoms with Crippen LogP contribution < -0.4 is 9.47 Å². The van der Waals surface area contributed by atoms with Gasteiger partial charge in [-0.05, 0) is 55.0 Å². The third-order valence-electron chi connectivity index (χ3n) is 4.30. The molecule has 0 saturated carbocycles. The molecule has 6 heteroatoms. The summed E-state index contributed by atoms with van der Waals surface area (Å²) in [6.07, 6.45) is 0.885. The topological polar surface area (TPSA) is 51.1 Å². The van der Waals surface area contributed by atoms with Crippen LogP contribution in [0, 0.1) is 0 Å². The van der Waals surface area contributed by atoms with Crippen molar-refractivity contribution in [3.8, 4) is 11.5 Å². The number of carbonyl (C=O) groups excluding carboxylic acids is 1. The minimum atomic E-state index is -0.0308. The van der Waals surface area contributed by atoms with Crippen LogP contribution in [-0.2, 0) is 0 Å². The van der Waals surface area contributed by atoms with Crippen molar-refractivity contribution < 1.29 is 14.3 Å². The lowest BCUT2D eigenvalue weighted by atomic mass is 10.1. The summed E-state index contributed by atoms with van der Waals surface area (Å²) < 4.78 is 10.4. The molecule has 0 aliphatic carbocycles. The standard InChI is InChI=1S/C20H22N2O3S/c1-4-16-13-26-20(21-15-7-11-18(25-3)12-8-15)22(16)19(23)14-5-9-17(24-2)10-6-14/h5-12,16H,4,13H2,1-3H3/t16-/m0/s1. The smallest absolute Gasteiger partial charge is 0.260 e. The van der Waals surface area contributed by atoms with E-state index in [9.17, 15) is 4.79 Å². The van der Waals surface area contributed by atoms with Crippen LogP contribution in [0.4, 0.5) is 5.69 Å². The molecule has 1 aliphatic heterocycles. The Balaban J connectivity index is 1.88. The number of nitrogens with zero attached hydrogens (tertiary/aromatic N) is 2. The van der Waals surface area contributed by atoms with Crippen molar-refractivity contribution in [3.05, 3.63) is 54.1 Å². The lowest BCUT2D eigenvalue weighted by Crippen LogP contribution is -2.39. The fourth-order valence-electron chi connectivity index (χ4n) is 2.75. The number of benzene rings is 2. The van der Waals surface area contributed by atoms with Crippen molar-refractivity contribution in [2.45, 2.75) is 19.4 Å². The number of thioether (sulfide) groups is 1. The molecule has 1 heterocycles. The van der Waals surface area contributed by atoms with Gasteiger partial charge in [-0.25, -0.2) is 4.99 Å².